The van der Waals surface area contributed by atoms with Crippen molar-refractivity contribution in [2.45, 2.75) is 13.3 Å². The van der Waals surface area contributed by atoms with Crippen LogP contribution in [-0.2, 0) is 0 Å². The van der Waals surface area contributed by atoms with Gasteiger partial charge in [-0.05, 0) is 18.1 Å². The number of hydrogen-bond acceptors (Lipinski definition) is 3. The molecule has 0 aliphatic carbocycles. The first-order valence-electron chi connectivity index (χ1n) is 4.78. The van der Waals surface area contributed by atoms with Gasteiger partial charge in [-0.3, -0.25) is 10.1 Å². The molecule has 0 spiro atoms. The number of nitro benzene ring substituents is 1. The van der Waals surface area contributed by atoms with Crippen LogP contribution in [0.5, 0.6) is 5.75 Å². The Morgan fingerprint density at radius 1 is 1.62 bits per heavy atom. The van der Waals surface area contributed by atoms with Gasteiger partial charge >= 0.3 is 5.69 Å². The van der Waals surface area contributed by atoms with E-state index in [1.807, 2.05) is 6.92 Å². The number of ether oxygens (including phenoxy) is 1. The van der Waals surface area contributed by atoms with Gasteiger partial charge in [0.15, 0.2) is 5.75 Å². The molecular weight excluding hydrogens is 230 g/mol. The average molecular weight is 242 g/mol. The molecule has 1 aromatic rings. The van der Waals surface area contributed by atoms with E-state index in [2.05, 4.69) is 6.58 Å². The minimum absolute atomic E-state index is 0.0895. The van der Waals surface area contributed by atoms with Crippen molar-refractivity contribution in [3.05, 3.63) is 45.5 Å². The second kappa shape index (κ2) is 5.51. The molecule has 0 fully saturated rings. The second-order valence-electron chi connectivity index (χ2n) is 3.26. The van der Waals surface area contributed by atoms with Crippen molar-refractivity contribution in [2.24, 2.45) is 0 Å². The summed E-state index contributed by atoms with van der Waals surface area (Å²) in [4.78, 5) is 10.2. The number of benzene rings is 1. The normalized spacial score (nSPS) is 9.88. The lowest BCUT2D eigenvalue weighted by Gasteiger charge is -2.07. The molecule has 4 nitrogen and oxygen atoms in total. The fourth-order valence-corrected chi connectivity index (χ4v) is 1.20. The van der Waals surface area contributed by atoms with E-state index in [1.165, 1.54) is 18.2 Å². The summed E-state index contributed by atoms with van der Waals surface area (Å²) in [5.41, 5.74) is 0.780. The minimum atomic E-state index is -0.500. The maximum atomic E-state index is 10.7. The molecule has 86 valence electrons. The number of rotatable bonds is 5. The third-order valence-corrected chi connectivity index (χ3v) is 2.29. The fourth-order valence-electron chi connectivity index (χ4n) is 1.04. The standard InChI is InChI=1S/C11H12ClNO3/c1-3-8(2)7-16-11-6-9(12)4-5-10(11)13(14)15/h4-6H,2-3,7H2,1H3. The van der Waals surface area contributed by atoms with Crippen molar-refractivity contribution >= 4 is 17.3 Å². The van der Waals surface area contributed by atoms with E-state index in [0.29, 0.717) is 5.02 Å². The highest BCUT2D eigenvalue weighted by Gasteiger charge is 2.15. The third-order valence-electron chi connectivity index (χ3n) is 2.05. The first-order chi connectivity index (χ1) is 7.54. The van der Waals surface area contributed by atoms with Gasteiger partial charge in [0.05, 0.1) is 4.92 Å². The zero-order chi connectivity index (χ0) is 12.1. The Morgan fingerprint density at radius 2 is 2.31 bits per heavy atom. The highest BCUT2D eigenvalue weighted by molar-refractivity contribution is 6.30. The summed E-state index contributed by atoms with van der Waals surface area (Å²) in [6.07, 6.45) is 0.772. The van der Waals surface area contributed by atoms with Crippen molar-refractivity contribution < 1.29 is 9.66 Å². The molecule has 0 aromatic heterocycles. The van der Waals surface area contributed by atoms with E-state index < -0.39 is 4.92 Å². The van der Waals surface area contributed by atoms with Gasteiger partial charge in [0.2, 0.25) is 0 Å². The zero-order valence-electron chi connectivity index (χ0n) is 8.90. The van der Waals surface area contributed by atoms with E-state index in [4.69, 9.17) is 16.3 Å². The number of hydrogen-bond donors (Lipinski definition) is 0. The Morgan fingerprint density at radius 3 is 2.88 bits per heavy atom. The molecule has 0 atom stereocenters. The van der Waals surface area contributed by atoms with Gasteiger partial charge in [0, 0.05) is 17.2 Å². The SMILES string of the molecule is C=C(CC)COc1cc(Cl)ccc1[N+](=O)[O-]. The highest BCUT2D eigenvalue weighted by atomic mass is 35.5. The summed E-state index contributed by atoms with van der Waals surface area (Å²) < 4.78 is 5.31. The molecule has 1 rings (SSSR count). The predicted molar refractivity (Wildman–Crippen MR) is 63.0 cm³/mol. The Hall–Kier alpha value is -1.55. The molecular formula is C11H12ClNO3. The molecule has 5 heteroatoms. The van der Waals surface area contributed by atoms with E-state index in [-0.39, 0.29) is 18.0 Å². The second-order valence-corrected chi connectivity index (χ2v) is 3.70. The van der Waals surface area contributed by atoms with Crippen LogP contribution in [0.15, 0.2) is 30.4 Å². The lowest BCUT2D eigenvalue weighted by molar-refractivity contribution is -0.385. The Kier molecular flexibility index (Phi) is 4.31. The summed E-state index contributed by atoms with van der Waals surface area (Å²) in [5, 5.41) is 11.1. The van der Waals surface area contributed by atoms with Crippen molar-refractivity contribution in [1.82, 2.24) is 0 Å². The molecule has 0 heterocycles. The van der Waals surface area contributed by atoms with Crippen LogP contribution in [0.4, 0.5) is 5.69 Å². The number of nitro groups is 1. The molecule has 0 aliphatic rings. The first kappa shape index (κ1) is 12.5. The third kappa shape index (κ3) is 3.24. The van der Waals surface area contributed by atoms with Gasteiger partial charge in [-0.1, -0.05) is 25.1 Å². The Balaban J connectivity index is 2.88. The molecule has 0 saturated carbocycles. The van der Waals surface area contributed by atoms with Gasteiger partial charge in [0.25, 0.3) is 0 Å². The Labute approximate surface area is 98.6 Å². The largest absolute Gasteiger partial charge is 0.482 e. The first-order valence-corrected chi connectivity index (χ1v) is 5.15. The van der Waals surface area contributed by atoms with Gasteiger partial charge in [-0.25, -0.2) is 0 Å². The van der Waals surface area contributed by atoms with Gasteiger partial charge in [0.1, 0.15) is 6.61 Å². The van der Waals surface area contributed by atoms with Crippen LogP contribution in [0.1, 0.15) is 13.3 Å². The summed E-state index contributed by atoms with van der Waals surface area (Å²) in [6.45, 7) is 5.96. The number of nitrogens with zero attached hydrogens (tertiary/aromatic N) is 1. The van der Waals surface area contributed by atoms with Crippen molar-refractivity contribution in [2.75, 3.05) is 6.61 Å². The minimum Gasteiger partial charge on any atom is -0.482 e. The molecule has 0 amide bonds. The van der Waals surface area contributed by atoms with E-state index >= 15 is 0 Å². The lowest BCUT2D eigenvalue weighted by atomic mass is 10.2. The molecule has 1 aromatic carbocycles. The van der Waals surface area contributed by atoms with Crippen LogP contribution in [0.3, 0.4) is 0 Å². The molecule has 0 unspecified atom stereocenters. The van der Waals surface area contributed by atoms with Crippen molar-refractivity contribution in [1.29, 1.82) is 0 Å². The molecule has 0 saturated heterocycles. The van der Waals surface area contributed by atoms with E-state index in [9.17, 15) is 10.1 Å². The smallest absolute Gasteiger partial charge is 0.311 e. The maximum absolute atomic E-state index is 10.7. The van der Waals surface area contributed by atoms with E-state index in [1.54, 1.807) is 0 Å². The molecule has 0 aliphatic heterocycles. The van der Waals surface area contributed by atoms with Crippen LogP contribution in [0.25, 0.3) is 0 Å². The van der Waals surface area contributed by atoms with Crippen LogP contribution in [0.2, 0.25) is 5.02 Å². The summed E-state index contributed by atoms with van der Waals surface area (Å²) in [5.74, 6) is 0.173. The number of halogens is 1. The average Bonchev–Trinajstić information content (AvgIpc) is 2.25. The molecule has 0 bridgehead atoms. The highest BCUT2D eigenvalue weighted by Crippen LogP contribution is 2.30. The Bertz CT molecular complexity index is 418. The fraction of sp³-hybridized carbons (Fsp3) is 0.273. The van der Waals surface area contributed by atoms with Crippen molar-refractivity contribution in [3.8, 4) is 5.75 Å². The van der Waals surface area contributed by atoms with Crippen LogP contribution in [-0.4, -0.2) is 11.5 Å². The van der Waals surface area contributed by atoms with Gasteiger partial charge in [-0.15, -0.1) is 0 Å². The van der Waals surface area contributed by atoms with E-state index in [0.717, 1.165) is 12.0 Å². The quantitative estimate of drug-likeness (QED) is 0.450. The topological polar surface area (TPSA) is 52.4 Å². The molecule has 0 N–H and O–H groups in total. The van der Waals surface area contributed by atoms with Crippen LogP contribution < -0.4 is 4.74 Å². The monoisotopic (exact) mass is 241 g/mol. The van der Waals surface area contributed by atoms with Crippen LogP contribution >= 0.6 is 11.6 Å². The summed E-state index contributed by atoms with van der Waals surface area (Å²) >= 11 is 5.75. The van der Waals surface area contributed by atoms with Gasteiger partial charge in [-0.2, -0.15) is 0 Å². The summed E-state index contributed by atoms with van der Waals surface area (Å²) in [6, 6.07) is 4.22. The maximum Gasteiger partial charge on any atom is 0.311 e. The van der Waals surface area contributed by atoms with Crippen LogP contribution in [0, 0.1) is 10.1 Å². The lowest BCUT2D eigenvalue weighted by Crippen LogP contribution is -2.02. The predicted octanol–water partition coefficient (Wildman–Crippen LogP) is 3.59. The van der Waals surface area contributed by atoms with Gasteiger partial charge < -0.3 is 4.74 Å². The molecule has 0 radical (unpaired) electrons. The molecule has 16 heavy (non-hydrogen) atoms. The van der Waals surface area contributed by atoms with Crippen molar-refractivity contribution in [3.63, 3.8) is 0 Å². The summed E-state index contributed by atoms with van der Waals surface area (Å²) in [7, 11) is 0. The zero-order valence-corrected chi connectivity index (χ0v) is 9.66.